The predicted octanol–water partition coefficient (Wildman–Crippen LogP) is 2.73. The van der Waals surface area contributed by atoms with Crippen molar-refractivity contribution in [1.82, 2.24) is 14.8 Å². The van der Waals surface area contributed by atoms with Crippen LogP contribution in [0.2, 0.25) is 0 Å². The highest BCUT2D eigenvalue weighted by Gasteiger charge is 2.12. The first-order valence-electron chi connectivity index (χ1n) is 7.77. The van der Waals surface area contributed by atoms with Crippen LogP contribution in [0.25, 0.3) is 5.69 Å². The molecule has 3 N–H and O–H groups in total. The molecule has 25 heavy (non-hydrogen) atoms. The van der Waals surface area contributed by atoms with Crippen molar-refractivity contribution < 1.29 is 9.18 Å². The Labute approximate surface area is 144 Å². The number of nitrogens with one attached hydrogen (secondary N) is 1. The van der Waals surface area contributed by atoms with Gasteiger partial charge in [-0.05, 0) is 50.2 Å². The van der Waals surface area contributed by atoms with Gasteiger partial charge in [-0.3, -0.25) is 9.78 Å². The molecule has 3 rings (SSSR count). The molecule has 0 atom stereocenters. The molecule has 0 spiro atoms. The summed E-state index contributed by atoms with van der Waals surface area (Å²) < 4.78 is 16.0. The molecule has 0 fully saturated rings. The summed E-state index contributed by atoms with van der Waals surface area (Å²) >= 11 is 0. The van der Waals surface area contributed by atoms with E-state index in [2.05, 4.69) is 15.4 Å². The first-order valence-corrected chi connectivity index (χ1v) is 7.77. The third-order valence-corrected chi connectivity index (χ3v) is 3.73. The Morgan fingerprint density at radius 2 is 2.04 bits per heavy atom. The molecule has 0 aliphatic rings. The highest BCUT2D eigenvalue weighted by atomic mass is 19.1. The third-order valence-electron chi connectivity index (χ3n) is 3.73. The van der Waals surface area contributed by atoms with Crippen LogP contribution in [0.3, 0.4) is 0 Å². The van der Waals surface area contributed by atoms with Crippen LogP contribution in [0, 0.1) is 19.7 Å². The quantitative estimate of drug-likeness (QED) is 0.765. The highest BCUT2D eigenvalue weighted by Crippen LogP contribution is 2.20. The number of pyridine rings is 1. The molecule has 128 valence electrons. The van der Waals surface area contributed by atoms with Gasteiger partial charge in [-0.25, -0.2) is 9.07 Å². The monoisotopic (exact) mass is 339 g/mol. The van der Waals surface area contributed by atoms with Crippen molar-refractivity contribution in [3.05, 3.63) is 71.1 Å². The molecule has 7 heteroatoms. The molecular weight excluding hydrogens is 321 g/mol. The third kappa shape index (κ3) is 3.56. The van der Waals surface area contributed by atoms with Gasteiger partial charge < -0.3 is 11.1 Å². The molecule has 0 unspecified atom stereocenters. The molecule has 1 amide bonds. The van der Waals surface area contributed by atoms with Gasteiger partial charge in [-0.15, -0.1) is 0 Å². The number of hydrogen-bond acceptors (Lipinski definition) is 4. The molecule has 1 aromatic carbocycles. The maximum absolute atomic E-state index is 14.5. The lowest BCUT2D eigenvalue weighted by Crippen LogP contribution is -2.13. The van der Waals surface area contributed by atoms with Gasteiger partial charge in [0, 0.05) is 29.7 Å². The van der Waals surface area contributed by atoms with Crippen LogP contribution in [0.5, 0.6) is 0 Å². The summed E-state index contributed by atoms with van der Waals surface area (Å²) in [5.74, 6) is -0.822. The van der Waals surface area contributed by atoms with Crippen molar-refractivity contribution in [3.8, 4) is 5.69 Å². The second kappa shape index (κ2) is 6.82. The first-order chi connectivity index (χ1) is 12.0. The summed E-state index contributed by atoms with van der Waals surface area (Å²) in [5.41, 5.74) is 8.88. The average Bonchev–Trinajstić information content (AvgIpc) is 2.93. The molecule has 0 saturated heterocycles. The van der Waals surface area contributed by atoms with Gasteiger partial charge in [0.25, 0.3) is 5.91 Å². The number of nitrogens with zero attached hydrogens (tertiary/aromatic N) is 3. The smallest absolute Gasteiger partial charge is 0.255 e. The summed E-state index contributed by atoms with van der Waals surface area (Å²) in [7, 11) is 0. The van der Waals surface area contributed by atoms with Crippen LogP contribution in [0.15, 0.2) is 42.6 Å². The molecule has 0 saturated carbocycles. The zero-order chi connectivity index (χ0) is 18.0. The van der Waals surface area contributed by atoms with Crippen LogP contribution < -0.4 is 11.1 Å². The lowest BCUT2D eigenvalue weighted by molar-refractivity contribution is 0.102. The maximum atomic E-state index is 14.5. The zero-order valence-corrected chi connectivity index (χ0v) is 14.0. The standard InChI is InChI=1S/C18H18FN5O/c1-11-7-12(2)24(23-11)17-4-3-14(9-16(17)19)22-18(25)13-5-6-21-15(8-13)10-20/h3-9H,10,20H2,1-2H3,(H,22,25). The summed E-state index contributed by atoms with van der Waals surface area (Å²) in [6.45, 7) is 3.95. The summed E-state index contributed by atoms with van der Waals surface area (Å²) in [4.78, 5) is 16.3. The summed E-state index contributed by atoms with van der Waals surface area (Å²) in [6.07, 6.45) is 1.52. The van der Waals surface area contributed by atoms with E-state index in [0.717, 1.165) is 11.4 Å². The van der Waals surface area contributed by atoms with Crippen molar-refractivity contribution in [2.75, 3.05) is 5.32 Å². The van der Waals surface area contributed by atoms with E-state index in [4.69, 9.17) is 5.73 Å². The maximum Gasteiger partial charge on any atom is 0.255 e. The van der Waals surface area contributed by atoms with E-state index >= 15 is 0 Å². The van der Waals surface area contributed by atoms with Crippen molar-refractivity contribution >= 4 is 11.6 Å². The molecule has 6 nitrogen and oxygen atoms in total. The fourth-order valence-electron chi connectivity index (χ4n) is 2.56. The number of carbonyl (C=O) groups excluding carboxylic acids is 1. The van der Waals surface area contributed by atoms with Gasteiger partial charge in [0.05, 0.1) is 11.4 Å². The zero-order valence-electron chi connectivity index (χ0n) is 14.0. The van der Waals surface area contributed by atoms with Crippen molar-refractivity contribution in [2.45, 2.75) is 20.4 Å². The molecule has 0 bridgehead atoms. The Hall–Kier alpha value is -3.06. The van der Waals surface area contributed by atoms with Crippen LogP contribution in [0.4, 0.5) is 10.1 Å². The van der Waals surface area contributed by atoms with Crippen LogP contribution in [-0.4, -0.2) is 20.7 Å². The first kappa shape index (κ1) is 16.8. The van der Waals surface area contributed by atoms with E-state index in [1.54, 1.807) is 24.3 Å². The Morgan fingerprint density at radius 1 is 1.24 bits per heavy atom. The number of carbonyl (C=O) groups is 1. The Kier molecular flexibility index (Phi) is 4.58. The number of halogens is 1. The molecule has 2 heterocycles. The molecular formula is C18H18FN5O. The molecule has 0 radical (unpaired) electrons. The van der Waals surface area contributed by atoms with Gasteiger partial charge >= 0.3 is 0 Å². The number of nitrogens with two attached hydrogens (primary N) is 1. The normalized spacial score (nSPS) is 10.7. The minimum atomic E-state index is -0.471. The SMILES string of the molecule is Cc1cc(C)n(-c2ccc(NC(=O)c3ccnc(CN)c3)cc2F)n1. The van der Waals surface area contributed by atoms with Crippen molar-refractivity contribution in [3.63, 3.8) is 0 Å². The van der Waals surface area contributed by atoms with Gasteiger partial charge in [-0.2, -0.15) is 5.10 Å². The highest BCUT2D eigenvalue weighted by molar-refractivity contribution is 6.04. The van der Waals surface area contributed by atoms with E-state index in [1.165, 1.54) is 16.9 Å². The topological polar surface area (TPSA) is 85.8 Å². The molecule has 0 aliphatic heterocycles. The van der Waals surface area contributed by atoms with Crippen LogP contribution in [-0.2, 0) is 6.54 Å². The second-order valence-electron chi connectivity index (χ2n) is 5.70. The lowest BCUT2D eigenvalue weighted by Gasteiger charge is -2.10. The van der Waals surface area contributed by atoms with E-state index in [0.29, 0.717) is 22.6 Å². The van der Waals surface area contributed by atoms with E-state index < -0.39 is 5.82 Å². The Bertz CT molecular complexity index is 935. The minimum Gasteiger partial charge on any atom is -0.325 e. The fraction of sp³-hybridized carbons (Fsp3) is 0.167. The number of anilines is 1. The van der Waals surface area contributed by atoms with Gasteiger partial charge in [-0.1, -0.05) is 0 Å². The number of amides is 1. The molecule has 3 aromatic rings. The molecule has 0 aliphatic carbocycles. The van der Waals surface area contributed by atoms with Crippen molar-refractivity contribution in [2.24, 2.45) is 5.73 Å². The van der Waals surface area contributed by atoms with Crippen molar-refractivity contribution in [1.29, 1.82) is 0 Å². The number of aromatic nitrogens is 3. The van der Waals surface area contributed by atoms with E-state index in [1.807, 2.05) is 19.9 Å². The number of rotatable bonds is 4. The van der Waals surface area contributed by atoms with Gasteiger partial charge in [0.1, 0.15) is 5.69 Å². The summed E-state index contributed by atoms with van der Waals surface area (Å²) in [5, 5.41) is 6.94. The van der Waals surface area contributed by atoms with E-state index in [9.17, 15) is 9.18 Å². The Morgan fingerprint density at radius 3 is 2.68 bits per heavy atom. The summed E-state index contributed by atoms with van der Waals surface area (Å²) in [6, 6.07) is 9.55. The van der Waals surface area contributed by atoms with Gasteiger partial charge in [0.15, 0.2) is 5.82 Å². The largest absolute Gasteiger partial charge is 0.325 e. The fourth-order valence-corrected chi connectivity index (χ4v) is 2.56. The average molecular weight is 339 g/mol. The number of hydrogen-bond donors (Lipinski definition) is 2. The predicted molar refractivity (Wildman–Crippen MR) is 93.1 cm³/mol. The lowest BCUT2D eigenvalue weighted by atomic mass is 10.2. The molecule has 2 aromatic heterocycles. The Balaban J connectivity index is 1.83. The van der Waals surface area contributed by atoms with Crippen LogP contribution >= 0.6 is 0 Å². The second-order valence-corrected chi connectivity index (χ2v) is 5.70. The van der Waals surface area contributed by atoms with Gasteiger partial charge in [0.2, 0.25) is 0 Å². The number of benzene rings is 1. The van der Waals surface area contributed by atoms with E-state index in [-0.39, 0.29) is 12.5 Å². The number of aryl methyl sites for hydroxylation is 2. The minimum absolute atomic E-state index is 0.243. The van der Waals surface area contributed by atoms with Crippen LogP contribution in [0.1, 0.15) is 27.4 Å².